The molecule has 0 saturated carbocycles. The third-order valence-electron chi connectivity index (χ3n) is 6.48. The summed E-state index contributed by atoms with van der Waals surface area (Å²) in [6.07, 6.45) is 1.86. The van der Waals surface area contributed by atoms with Gasteiger partial charge in [0, 0.05) is 38.1 Å². The number of halogens is 2. The molecule has 1 unspecified atom stereocenters. The van der Waals surface area contributed by atoms with Crippen LogP contribution in [0.2, 0.25) is 0 Å². The van der Waals surface area contributed by atoms with E-state index in [4.69, 9.17) is 0 Å². The molecule has 0 radical (unpaired) electrons. The Morgan fingerprint density at radius 2 is 1.61 bits per heavy atom. The number of carbonyl (C=O) groups is 2. The van der Waals surface area contributed by atoms with Crippen LogP contribution in [0.25, 0.3) is 0 Å². The fourth-order valence-electron chi connectivity index (χ4n) is 4.25. The molecule has 220 valence electrons. The minimum atomic E-state index is -4.27. The van der Waals surface area contributed by atoms with E-state index in [0.29, 0.717) is 6.54 Å². The Morgan fingerprint density at radius 3 is 2.24 bits per heavy atom. The second-order valence-electron chi connectivity index (χ2n) is 9.75. The van der Waals surface area contributed by atoms with Crippen molar-refractivity contribution in [3.05, 3.63) is 100 Å². The lowest BCUT2D eigenvalue weighted by atomic mass is 10.0. The molecule has 3 aromatic rings. The molecule has 0 heterocycles. The van der Waals surface area contributed by atoms with Gasteiger partial charge in [-0.3, -0.25) is 9.59 Å². The van der Waals surface area contributed by atoms with Crippen molar-refractivity contribution in [1.29, 1.82) is 0 Å². The third kappa shape index (κ3) is 8.85. The minimum absolute atomic E-state index is 0.0318. The summed E-state index contributed by atoms with van der Waals surface area (Å²) in [5.74, 6) is -1.79. The van der Waals surface area contributed by atoms with Crippen molar-refractivity contribution >= 4 is 43.6 Å². The van der Waals surface area contributed by atoms with Crippen molar-refractivity contribution in [1.82, 2.24) is 14.5 Å². The van der Waals surface area contributed by atoms with Gasteiger partial charge in [0.2, 0.25) is 11.8 Å². The van der Waals surface area contributed by atoms with Gasteiger partial charge in [-0.2, -0.15) is 12.7 Å². The minimum Gasteiger partial charge on any atom is -0.354 e. The predicted molar refractivity (Wildman–Crippen MR) is 163 cm³/mol. The lowest BCUT2D eigenvalue weighted by molar-refractivity contribution is -0.140. The zero-order valence-electron chi connectivity index (χ0n) is 23.5. The number of nitrogens with zero attached hydrogens (tertiary/aromatic N) is 3. The molecule has 0 aliphatic heterocycles. The Labute approximate surface area is 250 Å². The SMILES string of the molecule is CCCCNC(=O)C(Cc1ccccc1)N(Cc1cccc(Br)c1)C(=O)CN(c1ccccc1F)S(=O)(=O)N(C)C. The van der Waals surface area contributed by atoms with E-state index in [9.17, 15) is 22.4 Å². The number of rotatable bonds is 14. The van der Waals surface area contributed by atoms with Crippen LogP contribution in [0.1, 0.15) is 30.9 Å². The third-order valence-corrected chi connectivity index (χ3v) is 8.78. The summed E-state index contributed by atoms with van der Waals surface area (Å²) in [5.41, 5.74) is 1.31. The lowest BCUT2D eigenvalue weighted by Crippen LogP contribution is -2.54. The van der Waals surface area contributed by atoms with Crippen LogP contribution in [0.3, 0.4) is 0 Å². The largest absolute Gasteiger partial charge is 0.354 e. The second kappa shape index (κ2) is 15.1. The summed E-state index contributed by atoms with van der Waals surface area (Å²) in [6.45, 7) is 1.78. The zero-order valence-corrected chi connectivity index (χ0v) is 25.9. The number of benzene rings is 3. The zero-order chi connectivity index (χ0) is 30.0. The number of nitrogens with one attached hydrogen (secondary N) is 1. The fourth-order valence-corrected chi connectivity index (χ4v) is 5.76. The second-order valence-corrected chi connectivity index (χ2v) is 12.7. The van der Waals surface area contributed by atoms with Gasteiger partial charge in [-0.05, 0) is 41.8 Å². The summed E-state index contributed by atoms with van der Waals surface area (Å²) < 4.78 is 44.0. The maximum absolute atomic E-state index is 14.9. The van der Waals surface area contributed by atoms with E-state index in [0.717, 1.165) is 43.1 Å². The Balaban J connectivity index is 2.08. The number of unbranched alkanes of at least 4 members (excludes halogenated alkanes) is 1. The Kier molecular flexibility index (Phi) is 11.9. The smallest absolute Gasteiger partial charge is 0.304 e. The van der Waals surface area contributed by atoms with Crippen molar-refractivity contribution in [3.63, 3.8) is 0 Å². The normalized spacial score (nSPS) is 12.1. The van der Waals surface area contributed by atoms with Gasteiger partial charge in [0.25, 0.3) is 0 Å². The summed E-state index contributed by atoms with van der Waals surface area (Å²) in [4.78, 5) is 29.2. The first-order valence-corrected chi connectivity index (χ1v) is 15.5. The first-order valence-electron chi connectivity index (χ1n) is 13.3. The molecule has 8 nitrogen and oxygen atoms in total. The van der Waals surface area contributed by atoms with Crippen LogP contribution < -0.4 is 9.62 Å². The number of anilines is 1. The average Bonchev–Trinajstić information content (AvgIpc) is 2.94. The highest BCUT2D eigenvalue weighted by Crippen LogP contribution is 2.25. The van der Waals surface area contributed by atoms with Gasteiger partial charge < -0.3 is 10.2 Å². The van der Waals surface area contributed by atoms with E-state index in [-0.39, 0.29) is 24.6 Å². The van der Waals surface area contributed by atoms with Crippen molar-refractivity contribution < 1.29 is 22.4 Å². The Hall–Kier alpha value is -3.28. The van der Waals surface area contributed by atoms with Gasteiger partial charge in [0.05, 0.1) is 5.69 Å². The van der Waals surface area contributed by atoms with Gasteiger partial charge in [0.1, 0.15) is 18.4 Å². The molecule has 0 saturated heterocycles. The highest BCUT2D eigenvalue weighted by Gasteiger charge is 2.35. The van der Waals surface area contributed by atoms with Gasteiger partial charge in [-0.25, -0.2) is 8.70 Å². The summed E-state index contributed by atoms with van der Waals surface area (Å²) in [5, 5.41) is 2.94. The number of amides is 2. The predicted octanol–water partition coefficient (Wildman–Crippen LogP) is 4.76. The van der Waals surface area contributed by atoms with E-state index >= 15 is 0 Å². The molecule has 0 aromatic heterocycles. The average molecular weight is 648 g/mol. The molecule has 11 heteroatoms. The van der Waals surface area contributed by atoms with Crippen molar-refractivity contribution in [2.45, 2.75) is 38.8 Å². The molecular formula is C30H36BrFN4O4S. The van der Waals surface area contributed by atoms with Crippen LogP contribution in [-0.2, 0) is 32.8 Å². The highest BCUT2D eigenvalue weighted by molar-refractivity contribution is 9.10. The number of hydrogen-bond donors (Lipinski definition) is 1. The van der Waals surface area contributed by atoms with Crippen LogP contribution in [0.15, 0.2) is 83.3 Å². The molecule has 3 rings (SSSR count). The lowest BCUT2D eigenvalue weighted by Gasteiger charge is -2.34. The molecule has 0 bridgehead atoms. The Morgan fingerprint density at radius 1 is 0.951 bits per heavy atom. The quantitative estimate of drug-likeness (QED) is 0.256. The first kappa shape index (κ1) is 32.2. The maximum atomic E-state index is 14.9. The number of carbonyl (C=O) groups excluding carboxylic acids is 2. The monoisotopic (exact) mass is 646 g/mol. The van der Waals surface area contributed by atoms with E-state index < -0.39 is 34.5 Å². The van der Waals surface area contributed by atoms with Crippen LogP contribution in [-0.4, -0.2) is 62.7 Å². The molecule has 0 spiro atoms. The van der Waals surface area contributed by atoms with Crippen molar-refractivity contribution in [3.8, 4) is 0 Å². The van der Waals surface area contributed by atoms with Gasteiger partial charge in [-0.15, -0.1) is 0 Å². The molecule has 3 aromatic carbocycles. The molecule has 1 N–H and O–H groups in total. The van der Waals surface area contributed by atoms with Crippen LogP contribution >= 0.6 is 15.9 Å². The fraction of sp³-hybridized carbons (Fsp3) is 0.333. The molecule has 2 amide bonds. The van der Waals surface area contributed by atoms with Gasteiger partial charge >= 0.3 is 10.2 Å². The van der Waals surface area contributed by atoms with E-state index in [1.807, 2.05) is 61.5 Å². The molecule has 0 aliphatic carbocycles. The van der Waals surface area contributed by atoms with Gasteiger partial charge in [0.15, 0.2) is 0 Å². The maximum Gasteiger partial charge on any atom is 0.304 e. The van der Waals surface area contributed by atoms with Crippen LogP contribution in [0.5, 0.6) is 0 Å². The van der Waals surface area contributed by atoms with E-state index in [1.54, 1.807) is 0 Å². The highest BCUT2D eigenvalue weighted by atomic mass is 79.9. The van der Waals surface area contributed by atoms with Gasteiger partial charge in [-0.1, -0.05) is 83.9 Å². The van der Waals surface area contributed by atoms with Crippen molar-refractivity contribution in [2.24, 2.45) is 0 Å². The molecular weight excluding hydrogens is 611 g/mol. The van der Waals surface area contributed by atoms with E-state index in [2.05, 4.69) is 21.2 Å². The standard InChI is InChI=1S/C30H36BrFN4O4S/c1-4-5-18-33-30(38)28(20-23-12-7-6-8-13-23)35(21-24-14-11-15-25(31)19-24)29(37)22-36(41(39,40)34(2)3)27-17-10-9-16-26(27)32/h6-17,19,28H,4-5,18,20-22H2,1-3H3,(H,33,38). The number of hydrogen-bond acceptors (Lipinski definition) is 4. The molecule has 1 atom stereocenters. The molecule has 0 fully saturated rings. The summed E-state index contributed by atoms with van der Waals surface area (Å²) >= 11 is 3.45. The topological polar surface area (TPSA) is 90.0 Å². The Bertz CT molecular complexity index is 1420. The van der Waals surface area contributed by atoms with Crippen LogP contribution in [0.4, 0.5) is 10.1 Å². The number of para-hydroxylation sites is 1. The summed E-state index contributed by atoms with van der Waals surface area (Å²) in [7, 11) is -1.65. The van der Waals surface area contributed by atoms with Crippen LogP contribution in [0, 0.1) is 5.82 Å². The first-order chi connectivity index (χ1) is 19.5. The molecule has 41 heavy (non-hydrogen) atoms. The summed E-state index contributed by atoms with van der Waals surface area (Å²) in [6, 6.07) is 21.1. The molecule has 0 aliphatic rings. The van der Waals surface area contributed by atoms with E-state index in [1.165, 1.54) is 37.2 Å². The van der Waals surface area contributed by atoms with Crippen molar-refractivity contribution in [2.75, 3.05) is 31.5 Å².